The van der Waals surface area contributed by atoms with Crippen LogP contribution in [0.1, 0.15) is 23.0 Å². The van der Waals surface area contributed by atoms with Gasteiger partial charge in [0.2, 0.25) is 5.91 Å². The van der Waals surface area contributed by atoms with Gasteiger partial charge >= 0.3 is 0 Å². The quantitative estimate of drug-likeness (QED) is 0.643. The summed E-state index contributed by atoms with van der Waals surface area (Å²) in [5, 5.41) is 8.62. The Labute approximate surface area is 156 Å². The predicted octanol–water partition coefficient (Wildman–Crippen LogP) is 3.74. The topological polar surface area (TPSA) is 96.0 Å². The van der Waals surface area contributed by atoms with Crippen LogP contribution in [0.5, 0.6) is 0 Å². The molecule has 0 saturated carbocycles. The minimum atomic E-state index is -0.323. The second-order valence-electron chi connectivity index (χ2n) is 6.00. The molecule has 27 heavy (non-hydrogen) atoms. The number of nitrogens with zero attached hydrogens (tertiary/aromatic N) is 2. The largest absolute Gasteiger partial charge is 0.340 e. The number of hydrogen-bond donors (Lipinski definition) is 3. The summed E-state index contributed by atoms with van der Waals surface area (Å²) in [6.45, 7) is 3.43. The fourth-order valence-electron chi connectivity index (χ4n) is 2.41. The molecule has 0 unspecified atom stereocenters. The Kier molecular flexibility index (Phi) is 5.41. The van der Waals surface area contributed by atoms with Crippen molar-refractivity contribution in [2.24, 2.45) is 0 Å². The van der Waals surface area contributed by atoms with Crippen LogP contribution in [-0.2, 0) is 4.79 Å². The van der Waals surface area contributed by atoms with Gasteiger partial charge in [-0.15, -0.1) is 0 Å². The summed E-state index contributed by atoms with van der Waals surface area (Å²) in [7, 11) is 0. The van der Waals surface area contributed by atoms with E-state index >= 15 is 0 Å². The first-order valence-corrected chi connectivity index (χ1v) is 8.34. The van der Waals surface area contributed by atoms with E-state index in [0.29, 0.717) is 17.2 Å². The van der Waals surface area contributed by atoms with Gasteiger partial charge in [-0.05, 0) is 37.3 Å². The van der Waals surface area contributed by atoms with Gasteiger partial charge in [0.1, 0.15) is 17.8 Å². The van der Waals surface area contributed by atoms with Crippen LogP contribution in [-0.4, -0.2) is 21.8 Å². The summed E-state index contributed by atoms with van der Waals surface area (Å²) in [6.07, 6.45) is 1.32. The van der Waals surface area contributed by atoms with Crippen molar-refractivity contribution >= 4 is 34.7 Å². The third-order valence-electron chi connectivity index (χ3n) is 3.66. The van der Waals surface area contributed by atoms with E-state index in [1.165, 1.54) is 13.3 Å². The highest BCUT2D eigenvalue weighted by molar-refractivity contribution is 6.03. The van der Waals surface area contributed by atoms with E-state index < -0.39 is 0 Å². The second-order valence-corrected chi connectivity index (χ2v) is 6.00. The van der Waals surface area contributed by atoms with Gasteiger partial charge in [0.25, 0.3) is 5.91 Å². The molecule has 0 saturated heterocycles. The maximum atomic E-state index is 12.4. The highest BCUT2D eigenvalue weighted by atomic mass is 16.2. The van der Waals surface area contributed by atoms with Crippen LogP contribution in [0.3, 0.4) is 0 Å². The molecular formula is C20H19N5O2. The standard InChI is InChI=1S/C20H19N5O2/c1-13-6-8-15(9-7-13)25-20(27)18-11-19(22-12-21-18)24-17-5-3-4-16(10-17)23-14(2)26/h3-12H,1-2H3,(H,23,26)(H,25,27)(H,21,22,24). The van der Waals surface area contributed by atoms with E-state index in [1.807, 2.05) is 37.3 Å². The van der Waals surface area contributed by atoms with Crippen molar-refractivity contribution in [3.8, 4) is 0 Å². The van der Waals surface area contributed by atoms with E-state index in [-0.39, 0.29) is 17.5 Å². The number of amides is 2. The fraction of sp³-hybridized carbons (Fsp3) is 0.100. The third kappa shape index (κ3) is 5.12. The Morgan fingerprint density at radius 2 is 1.59 bits per heavy atom. The lowest BCUT2D eigenvalue weighted by Crippen LogP contribution is -2.14. The first kappa shape index (κ1) is 18.1. The Hall–Kier alpha value is -3.74. The van der Waals surface area contributed by atoms with Gasteiger partial charge in [-0.3, -0.25) is 9.59 Å². The van der Waals surface area contributed by atoms with Crippen molar-refractivity contribution in [1.29, 1.82) is 0 Å². The van der Waals surface area contributed by atoms with Gasteiger partial charge < -0.3 is 16.0 Å². The third-order valence-corrected chi connectivity index (χ3v) is 3.66. The normalized spacial score (nSPS) is 10.1. The molecule has 0 spiro atoms. The molecule has 3 rings (SSSR count). The van der Waals surface area contributed by atoms with Crippen molar-refractivity contribution in [2.45, 2.75) is 13.8 Å². The van der Waals surface area contributed by atoms with Crippen LogP contribution in [0.2, 0.25) is 0 Å². The smallest absolute Gasteiger partial charge is 0.274 e. The number of anilines is 4. The van der Waals surface area contributed by atoms with Gasteiger partial charge in [-0.1, -0.05) is 23.8 Å². The molecule has 0 aliphatic carbocycles. The van der Waals surface area contributed by atoms with Crippen LogP contribution in [0, 0.1) is 6.92 Å². The van der Waals surface area contributed by atoms with E-state index in [0.717, 1.165) is 11.3 Å². The van der Waals surface area contributed by atoms with E-state index in [4.69, 9.17) is 0 Å². The molecule has 1 heterocycles. The lowest BCUT2D eigenvalue weighted by Gasteiger charge is -2.09. The lowest BCUT2D eigenvalue weighted by atomic mass is 10.2. The van der Waals surface area contributed by atoms with Gasteiger partial charge in [-0.2, -0.15) is 0 Å². The van der Waals surface area contributed by atoms with Crippen LogP contribution < -0.4 is 16.0 Å². The molecule has 3 N–H and O–H groups in total. The SMILES string of the molecule is CC(=O)Nc1cccc(Nc2cc(C(=O)Nc3ccc(C)cc3)ncn2)c1. The number of carbonyl (C=O) groups excluding carboxylic acids is 2. The summed E-state index contributed by atoms with van der Waals surface area (Å²) in [6, 6.07) is 16.3. The number of nitrogens with one attached hydrogen (secondary N) is 3. The monoisotopic (exact) mass is 361 g/mol. The average Bonchev–Trinajstić information content (AvgIpc) is 2.63. The number of rotatable bonds is 5. The molecule has 0 aliphatic heterocycles. The van der Waals surface area contributed by atoms with Crippen molar-refractivity contribution in [3.63, 3.8) is 0 Å². The molecule has 0 fully saturated rings. The first-order valence-electron chi connectivity index (χ1n) is 8.34. The molecule has 2 aromatic carbocycles. The molecule has 2 amide bonds. The van der Waals surface area contributed by atoms with Crippen molar-refractivity contribution in [1.82, 2.24) is 9.97 Å². The van der Waals surface area contributed by atoms with Gasteiger partial charge in [0.05, 0.1) is 0 Å². The number of hydrogen-bond acceptors (Lipinski definition) is 5. The number of carbonyl (C=O) groups is 2. The van der Waals surface area contributed by atoms with Crippen LogP contribution in [0.15, 0.2) is 60.9 Å². The Morgan fingerprint density at radius 1 is 0.852 bits per heavy atom. The molecule has 3 aromatic rings. The Balaban J connectivity index is 1.72. The highest BCUT2D eigenvalue weighted by Crippen LogP contribution is 2.19. The molecule has 7 nitrogen and oxygen atoms in total. The van der Waals surface area contributed by atoms with Crippen molar-refractivity contribution in [2.75, 3.05) is 16.0 Å². The Morgan fingerprint density at radius 3 is 2.33 bits per heavy atom. The molecule has 0 aliphatic rings. The molecule has 0 bridgehead atoms. The zero-order valence-electron chi connectivity index (χ0n) is 15.0. The van der Waals surface area contributed by atoms with E-state index in [2.05, 4.69) is 25.9 Å². The summed E-state index contributed by atoms with van der Waals surface area (Å²) in [5.74, 6) is -0.000389. The molecule has 1 aromatic heterocycles. The van der Waals surface area contributed by atoms with Gasteiger partial charge in [0, 0.05) is 30.1 Å². The van der Waals surface area contributed by atoms with E-state index in [9.17, 15) is 9.59 Å². The van der Waals surface area contributed by atoms with E-state index in [1.54, 1.807) is 24.3 Å². The highest BCUT2D eigenvalue weighted by Gasteiger charge is 2.09. The molecule has 0 radical (unpaired) electrons. The van der Waals surface area contributed by atoms with Crippen molar-refractivity contribution < 1.29 is 9.59 Å². The minimum absolute atomic E-state index is 0.149. The molecule has 7 heteroatoms. The summed E-state index contributed by atoms with van der Waals surface area (Å²) in [4.78, 5) is 31.7. The zero-order chi connectivity index (χ0) is 19.2. The average molecular weight is 361 g/mol. The predicted molar refractivity (Wildman–Crippen MR) is 105 cm³/mol. The molecule has 136 valence electrons. The maximum absolute atomic E-state index is 12.4. The summed E-state index contributed by atoms with van der Waals surface area (Å²) < 4.78 is 0. The van der Waals surface area contributed by atoms with Crippen LogP contribution in [0.25, 0.3) is 0 Å². The molecular weight excluding hydrogens is 342 g/mol. The number of aromatic nitrogens is 2. The fourth-order valence-corrected chi connectivity index (χ4v) is 2.41. The molecule has 0 atom stereocenters. The van der Waals surface area contributed by atoms with Gasteiger partial charge in [-0.25, -0.2) is 9.97 Å². The Bertz CT molecular complexity index is 970. The summed E-state index contributed by atoms with van der Waals surface area (Å²) in [5.41, 5.74) is 3.44. The van der Waals surface area contributed by atoms with Crippen molar-refractivity contribution in [3.05, 3.63) is 72.2 Å². The summed E-state index contributed by atoms with van der Waals surface area (Å²) >= 11 is 0. The number of benzene rings is 2. The maximum Gasteiger partial charge on any atom is 0.274 e. The number of aryl methyl sites for hydroxylation is 1. The second kappa shape index (κ2) is 8.09. The van der Waals surface area contributed by atoms with Crippen LogP contribution >= 0.6 is 0 Å². The van der Waals surface area contributed by atoms with Gasteiger partial charge in [0.15, 0.2) is 0 Å². The lowest BCUT2D eigenvalue weighted by molar-refractivity contribution is -0.114. The zero-order valence-corrected chi connectivity index (χ0v) is 15.0. The minimum Gasteiger partial charge on any atom is -0.340 e. The first-order chi connectivity index (χ1) is 13.0. The van der Waals surface area contributed by atoms with Crippen LogP contribution in [0.4, 0.5) is 22.9 Å².